The van der Waals surface area contributed by atoms with Crippen LogP contribution in [0.1, 0.15) is 0 Å². The molecule has 0 aliphatic carbocycles. The molecule has 0 aliphatic heterocycles. The summed E-state index contributed by atoms with van der Waals surface area (Å²) >= 11 is 1.72. The third-order valence-electron chi connectivity index (χ3n) is 2.31. The van der Waals surface area contributed by atoms with E-state index in [0.717, 1.165) is 21.4 Å². The molecule has 0 atom stereocenters. The maximum atomic E-state index is 5.75. The number of anilines is 1. The molecule has 0 amide bonds. The van der Waals surface area contributed by atoms with Crippen molar-refractivity contribution < 1.29 is 0 Å². The van der Waals surface area contributed by atoms with E-state index in [-0.39, 0.29) is 0 Å². The van der Waals surface area contributed by atoms with Crippen molar-refractivity contribution in [2.45, 2.75) is 0 Å². The van der Waals surface area contributed by atoms with Gasteiger partial charge in [0.15, 0.2) is 0 Å². The van der Waals surface area contributed by atoms with Crippen molar-refractivity contribution in [1.29, 1.82) is 0 Å². The second-order valence-electron chi connectivity index (χ2n) is 3.41. The molecule has 3 rings (SSSR count). The molecule has 72 valence electrons. The predicted molar refractivity (Wildman–Crippen MR) is 65.9 cm³/mol. The first-order chi connectivity index (χ1) is 7.33. The lowest BCUT2D eigenvalue weighted by Gasteiger charge is -1.92. The van der Waals surface area contributed by atoms with E-state index in [1.807, 2.05) is 36.4 Å². The molecule has 2 nitrogen and oxygen atoms in total. The second-order valence-corrected chi connectivity index (χ2v) is 4.49. The fourth-order valence-electron chi connectivity index (χ4n) is 1.59. The van der Waals surface area contributed by atoms with Gasteiger partial charge < -0.3 is 5.73 Å². The van der Waals surface area contributed by atoms with Gasteiger partial charge in [-0.15, -0.1) is 0 Å². The standard InChI is InChI=1S/C12H9N2S/c13-8-5-6-10-12(7-8)15-11-4-2-1-3-9(11)14-10/h1-7H,13H2/q+1. The summed E-state index contributed by atoms with van der Waals surface area (Å²) in [6.45, 7) is 0. The molecule has 3 aromatic rings. The number of para-hydroxylation sites is 1. The van der Waals surface area contributed by atoms with E-state index in [9.17, 15) is 0 Å². The summed E-state index contributed by atoms with van der Waals surface area (Å²) in [6, 6.07) is 14.0. The van der Waals surface area contributed by atoms with Crippen molar-refractivity contribution >= 4 is 37.5 Å². The normalized spacial score (nSPS) is 10.9. The predicted octanol–water partition coefficient (Wildman–Crippen LogP) is 3.31. The minimum atomic E-state index is 0.788. The van der Waals surface area contributed by atoms with Gasteiger partial charge in [0.05, 0.1) is 0 Å². The van der Waals surface area contributed by atoms with E-state index in [4.69, 9.17) is 5.73 Å². The van der Waals surface area contributed by atoms with Crippen molar-refractivity contribution in [2.75, 3.05) is 5.73 Å². The first-order valence-electron chi connectivity index (χ1n) is 4.71. The second kappa shape index (κ2) is 3.14. The summed E-state index contributed by atoms with van der Waals surface area (Å²) in [5, 5.41) is 0. The molecule has 1 aromatic heterocycles. The number of rotatable bonds is 0. The van der Waals surface area contributed by atoms with Crippen LogP contribution >= 0.6 is 11.3 Å². The van der Waals surface area contributed by atoms with Gasteiger partial charge in [0.25, 0.3) is 9.40 Å². The molecule has 15 heavy (non-hydrogen) atoms. The Balaban J connectivity index is 2.47. The molecule has 2 N–H and O–H groups in total. The lowest BCUT2D eigenvalue weighted by molar-refractivity contribution is 1.52. The van der Waals surface area contributed by atoms with Crippen LogP contribution in [0.5, 0.6) is 0 Å². The molecular weight excluding hydrogens is 204 g/mol. The number of fused-ring (bicyclic) bond motifs is 2. The van der Waals surface area contributed by atoms with E-state index in [0.29, 0.717) is 0 Å². The third-order valence-corrected chi connectivity index (χ3v) is 3.42. The van der Waals surface area contributed by atoms with Crippen molar-refractivity contribution in [3.63, 3.8) is 0 Å². The Kier molecular flexibility index (Phi) is 1.79. The minimum absolute atomic E-state index is 0.788. The van der Waals surface area contributed by atoms with Gasteiger partial charge in [-0.25, -0.2) is 4.98 Å². The monoisotopic (exact) mass is 213 g/mol. The van der Waals surface area contributed by atoms with Crippen molar-refractivity contribution in [1.82, 2.24) is 4.98 Å². The topological polar surface area (TPSA) is 38.9 Å². The van der Waals surface area contributed by atoms with E-state index in [1.165, 1.54) is 4.70 Å². The van der Waals surface area contributed by atoms with Crippen LogP contribution in [-0.2, 0) is 0 Å². The molecule has 0 fully saturated rings. The van der Waals surface area contributed by atoms with Crippen molar-refractivity contribution in [3.05, 3.63) is 42.5 Å². The molecule has 1 heterocycles. The van der Waals surface area contributed by atoms with Crippen molar-refractivity contribution in [2.24, 2.45) is 0 Å². The van der Waals surface area contributed by atoms with Gasteiger partial charge in [-0.1, -0.05) is 12.1 Å². The highest BCUT2D eigenvalue weighted by atomic mass is 32.1. The molecule has 3 heteroatoms. The van der Waals surface area contributed by atoms with E-state index in [2.05, 4.69) is 11.1 Å². The summed E-state index contributed by atoms with van der Waals surface area (Å²) in [5.74, 6) is 0. The number of aromatic nitrogens is 1. The Hall–Kier alpha value is -1.74. The number of nitrogens with zero attached hydrogens (tertiary/aromatic N) is 1. The van der Waals surface area contributed by atoms with E-state index >= 15 is 0 Å². The SMILES string of the molecule is Nc1ccc2nc3ccccc3[s+]c2c1. The van der Waals surface area contributed by atoms with Gasteiger partial charge >= 0.3 is 0 Å². The molecule has 0 bridgehead atoms. The molecule has 0 spiro atoms. The summed E-state index contributed by atoms with van der Waals surface area (Å²) in [7, 11) is 0. The van der Waals surface area contributed by atoms with Crippen molar-refractivity contribution in [3.8, 4) is 0 Å². The number of nitrogen functional groups attached to an aromatic ring is 1. The number of nitrogens with two attached hydrogens (primary N) is 1. The summed E-state index contributed by atoms with van der Waals surface area (Å²) in [6.07, 6.45) is 0. The highest BCUT2D eigenvalue weighted by Gasteiger charge is 2.11. The molecule has 0 unspecified atom stereocenters. The highest BCUT2D eigenvalue weighted by molar-refractivity contribution is 7.24. The molecular formula is C12H9N2S+. The Morgan fingerprint density at radius 1 is 0.933 bits per heavy atom. The van der Waals surface area contributed by atoms with E-state index in [1.54, 1.807) is 11.3 Å². The fourth-order valence-corrected chi connectivity index (χ4v) is 2.60. The maximum Gasteiger partial charge on any atom is 0.259 e. The smallest absolute Gasteiger partial charge is 0.259 e. The highest BCUT2D eigenvalue weighted by Crippen LogP contribution is 2.26. The summed E-state index contributed by atoms with van der Waals surface area (Å²) in [4.78, 5) is 4.57. The quantitative estimate of drug-likeness (QED) is 0.353. The van der Waals surface area contributed by atoms with E-state index < -0.39 is 0 Å². The van der Waals surface area contributed by atoms with Gasteiger partial charge in [0.1, 0.15) is 11.0 Å². The first-order valence-corrected chi connectivity index (χ1v) is 5.53. The average Bonchev–Trinajstić information content (AvgIpc) is 2.26. The van der Waals surface area contributed by atoms with Crippen LogP contribution in [0.3, 0.4) is 0 Å². The zero-order chi connectivity index (χ0) is 10.3. The van der Waals surface area contributed by atoms with Crippen LogP contribution in [0.25, 0.3) is 20.4 Å². The van der Waals surface area contributed by atoms with Gasteiger partial charge in [0, 0.05) is 17.8 Å². The third kappa shape index (κ3) is 1.41. The maximum absolute atomic E-state index is 5.75. The molecule has 0 aliphatic rings. The van der Waals surface area contributed by atoms with Gasteiger partial charge in [-0.2, -0.15) is 0 Å². The number of hydrogen-bond donors (Lipinski definition) is 1. The van der Waals surface area contributed by atoms with Gasteiger partial charge in [0.2, 0.25) is 11.3 Å². The van der Waals surface area contributed by atoms with Crippen LogP contribution in [0.4, 0.5) is 5.69 Å². The zero-order valence-corrected chi connectivity index (χ0v) is 8.79. The average molecular weight is 213 g/mol. The van der Waals surface area contributed by atoms with Gasteiger partial charge in [-0.05, 0) is 18.2 Å². The lowest BCUT2D eigenvalue weighted by Crippen LogP contribution is -1.84. The van der Waals surface area contributed by atoms with Crippen LogP contribution in [-0.4, -0.2) is 4.98 Å². The Morgan fingerprint density at radius 3 is 2.67 bits per heavy atom. The first kappa shape index (κ1) is 8.56. The zero-order valence-electron chi connectivity index (χ0n) is 7.97. The molecule has 0 saturated heterocycles. The summed E-state index contributed by atoms with van der Waals surface area (Å²) in [5.41, 5.74) is 8.58. The molecule has 0 radical (unpaired) electrons. The molecule has 0 saturated carbocycles. The van der Waals surface area contributed by atoms with Crippen LogP contribution in [0, 0.1) is 0 Å². The van der Waals surface area contributed by atoms with Crippen LogP contribution < -0.4 is 5.73 Å². The summed E-state index contributed by atoms with van der Waals surface area (Å²) < 4.78 is 2.32. The number of hydrogen-bond acceptors (Lipinski definition) is 2. The van der Waals surface area contributed by atoms with Gasteiger partial charge in [-0.3, -0.25) is 0 Å². The van der Waals surface area contributed by atoms with Crippen LogP contribution in [0.15, 0.2) is 42.5 Å². The lowest BCUT2D eigenvalue weighted by atomic mass is 10.3. The number of benzene rings is 2. The minimum Gasteiger partial charge on any atom is -0.399 e. The largest absolute Gasteiger partial charge is 0.399 e. The Morgan fingerprint density at radius 2 is 1.73 bits per heavy atom. The Bertz CT molecular complexity index is 649. The Labute approximate surface area is 91.0 Å². The fraction of sp³-hybridized carbons (Fsp3) is 0. The van der Waals surface area contributed by atoms with Crippen LogP contribution in [0.2, 0.25) is 0 Å². The molecule has 2 aromatic carbocycles.